The minimum Gasteiger partial charge on any atom is -0.480 e. The third-order valence-electron chi connectivity index (χ3n) is 2.88. The maximum absolute atomic E-state index is 11.1. The molecule has 0 amide bonds. The molecule has 6 nitrogen and oxygen atoms in total. The van der Waals surface area contributed by atoms with Crippen molar-refractivity contribution >= 4 is 17.7 Å². The Balaban J connectivity index is 1.75. The number of thioether (sulfide) groups is 1. The van der Waals surface area contributed by atoms with E-state index in [1.807, 2.05) is 0 Å². The lowest BCUT2D eigenvalue weighted by Crippen LogP contribution is -2.19. The molecule has 1 atom stereocenters. The fourth-order valence-electron chi connectivity index (χ4n) is 1.67. The lowest BCUT2D eigenvalue weighted by Gasteiger charge is -2.09. The van der Waals surface area contributed by atoms with Crippen LogP contribution in [0.1, 0.15) is 31.7 Å². The van der Waals surface area contributed by atoms with Gasteiger partial charge in [0.2, 0.25) is 5.16 Å². The molecule has 0 aromatic carbocycles. The van der Waals surface area contributed by atoms with E-state index in [1.54, 1.807) is 4.68 Å². The average Bonchev–Trinajstić information content (AvgIpc) is 3.14. The summed E-state index contributed by atoms with van der Waals surface area (Å²) in [5.41, 5.74) is 0. The molecule has 2 aliphatic carbocycles. The predicted octanol–water partition coefficient (Wildman–Crippen LogP) is 0.963. The van der Waals surface area contributed by atoms with Crippen LogP contribution >= 0.6 is 11.8 Å². The second kappa shape index (κ2) is 3.73. The fourth-order valence-corrected chi connectivity index (χ4v) is 2.84. The molecule has 1 heterocycles. The second-order valence-corrected chi connectivity index (χ2v) is 5.46. The van der Waals surface area contributed by atoms with Crippen LogP contribution in [0.5, 0.6) is 0 Å². The third-order valence-corrected chi connectivity index (χ3v) is 4.20. The number of hydrogen-bond acceptors (Lipinski definition) is 5. The first-order chi connectivity index (χ1) is 7.75. The highest BCUT2D eigenvalue weighted by molar-refractivity contribution is 8.00. The number of tetrazole rings is 1. The van der Waals surface area contributed by atoms with Crippen LogP contribution in [0, 0.1) is 5.92 Å². The lowest BCUT2D eigenvalue weighted by atomic mass is 10.3. The van der Waals surface area contributed by atoms with Crippen LogP contribution in [-0.4, -0.2) is 36.5 Å². The number of rotatable bonds is 5. The molecule has 2 aliphatic rings. The van der Waals surface area contributed by atoms with Gasteiger partial charge in [0, 0.05) is 0 Å². The van der Waals surface area contributed by atoms with Gasteiger partial charge >= 0.3 is 5.97 Å². The number of carboxylic acids is 1. The Morgan fingerprint density at radius 1 is 1.44 bits per heavy atom. The molecule has 0 spiro atoms. The molecule has 3 rings (SSSR count). The van der Waals surface area contributed by atoms with Crippen LogP contribution in [0.3, 0.4) is 0 Å². The maximum Gasteiger partial charge on any atom is 0.317 e. The van der Waals surface area contributed by atoms with Crippen LogP contribution < -0.4 is 0 Å². The summed E-state index contributed by atoms with van der Waals surface area (Å²) in [6.07, 6.45) is 4.21. The van der Waals surface area contributed by atoms with E-state index < -0.39 is 5.97 Å². The Bertz CT molecular complexity index is 413. The van der Waals surface area contributed by atoms with Gasteiger partial charge in [-0.1, -0.05) is 11.8 Å². The van der Waals surface area contributed by atoms with Crippen molar-refractivity contribution in [1.82, 2.24) is 20.2 Å². The molecule has 1 aromatic rings. The highest BCUT2D eigenvalue weighted by Crippen LogP contribution is 2.43. The van der Waals surface area contributed by atoms with Crippen molar-refractivity contribution in [2.24, 2.45) is 5.92 Å². The summed E-state index contributed by atoms with van der Waals surface area (Å²) in [5.74, 6) is -0.454. The van der Waals surface area contributed by atoms with Gasteiger partial charge in [-0.15, -0.1) is 5.10 Å². The van der Waals surface area contributed by atoms with E-state index in [9.17, 15) is 4.79 Å². The zero-order chi connectivity index (χ0) is 11.1. The summed E-state index contributed by atoms with van der Waals surface area (Å²) >= 11 is 1.30. The maximum atomic E-state index is 11.1. The van der Waals surface area contributed by atoms with Crippen LogP contribution in [0.4, 0.5) is 0 Å². The molecule has 1 N–H and O–H groups in total. The minimum atomic E-state index is -0.752. The van der Waals surface area contributed by atoms with Gasteiger partial charge in [0.05, 0.1) is 6.04 Å². The molecule has 0 aliphatic heterocycles. The van der Waals surface area contributed by atoms with Gasteiger partial charge in [0.25, 0.3) is 0 Å². The molecule has 1 aromatic heterocycles. The Kier molecular flexibility index (Phi) is 2.34. The van der Waals surface area contributed by atoms with Crippen molar-refractivity contribution in [3.63, 3.8) is 0 Å². The van der Waals surface area contributed by atoms with Gasteiger partial charge in [-0.3, -0.25) is 4.79 Å². The first-order valence-electron chi connectivity index (χ1n) is 5.43. The predicted molar refractivity (Wildman–Crippen MR) is 56.1 cm³/mol. The Hall–Kier alpha value is -1.11. The Labute approximate surface area is 96.4 Å². The summed E-state index contributed by atoms with van der Waals surface area (Å²) in [6.45, 7) is 0. The summed E-state index contributed by atoms with van der Waals surface area (Å²) in [6, 6.07) is 0.395. The topological polar surface area (TPSA) is 80.9 Å². The molecule has 7 heteroatoms. The van der Waals surface area contributed by atoms with E-state index in [-0.39, 0.29) is 5.25 Å². The Morgan fingerprint density at radius 3 is 2.75 bits per heavy atom. The largest absolute Gasteiger partial charge is 0.480 e. The van der Waals surface area contributed by atoms with Crippen molar-refractivity contribution in [2.75, 3.05) is 0 Å². The normalized spacial score (nSPS) is 22.0. The summed E-state index contributed by atoms with van der Waals surface area (Å²) in [4.78, 5) is 11.1. The first kappa shape index (κ1) is 10.1. The molecule has 0 radical (unpaired) electrons. The quantitative estimate of drug-likeness (QED) is 0.772. The standard InChI is InChI=1S/C9H12N4O2S/c14-8(15)7(5-1-2-5)16-9-10-11-12-13(9)6-3-4-6/h5-7H,1-4H2,(H,14,15). The smallest absolute Gasteiger partial charge is 0.317 e. The van der Waals surface area contributed by atoms with Crippen LogP contribution in [0.2, 0.25) is 0 Å². The monoisotopic (exact) mass is 240 g/mol. The van der Waals surface area contributed by atoms with Crippen LogP contribution in [-0.2, 0) is 4.79 Å². The molecular formula is C9H12N4O2S. The molecule has 16 heavy (non-hydrogen) atoms. The van der Waals surface area contributed by atoms with Gasteiger partial charge < -0.3 is 5.11 Å². The SMILES string of the molecule is O=C(O)C(Sc1nnnn1C1CC1)C1CC1. The van der Waals surface area contributed by atoms with E-state index in [2.05, 4.69) is 15.5 Å². The fraction of sp³-hybridized carbons (Fsp3) is 0.778. The van der Waals surface area contributed by atoms with Crippen molar-refractivity contribution < 1.29 is 9.90 Å². The highest BCUT2D eigenvalue weighted by atomic mass is 32.2. The zero-order valence-electron chi connectivity index (χ0n) is 8.61. The van der Waals surface area contributed by atoms with E-state index in [0.29, 0.717) is 17.1 Å². The van der Waals surface area contributed by atoms with Crippen molar-refractivity contribution in [1.29, 1.82) is 0 Å². The number of carboxylic acid groups (broad SMARTS) is 1. The number of carbonyl (C=O) groups is 1. The van der Waals surface area contributed by atoms with Gasteiger partial charge in [-0.25, -0.2) is 4.68 Å². The van der Waals surface area contributed by atoms with Gasteiger partial charge in [0.1, 0.15) is 5.25 Å². The van der Waals surface area contributed by atoms with Crippen molar-refractivity contribution in [2.45, 2.75) is 42.1 Å². The average molecular weight is 240 g/mol. The van der Waals surface area contributed by atoms with Crippen LogP contribution in [0.15, 0.2) is 5.16 Å². The van der Waals surface area contributed by atoms with Crippen molar-refractivity contribution in [3.8, 4) is 0 Å². The first-order valence-corrected chi connectivity index (χ1v) is 6.31. The van der Waals surface area contributed by atoms with Crippen LogP contribution in [0.25, 0.3) is 0 Å². The number of aliphatic carboxylic acids is 1. The van der Waals surface area contributed by atoms with Gasteiger partial charge in [-0.2, -0.15) is 0 Å². The highest BCUT2D eigenvalue weighted by Gasteiger charge is 2.39. The molecule has 0 bridgehead atoms. The molecule has 86 valence electrons. The molecule has 2 fully saturated rings. The van der Waals surface area contributed by atoms with Gasteiger partial charge in [0.15, 0.2) is 0 Å². The molecule has 1 unspecified atom stereocenters. The summed E-state index contributed by atoms with van der Waals surface area (Å²) < 4.78 is 1.77. The number of aromatic nitrogens is 4. The van der Waals surface area contributed by atoms with E-state index in [1.165, 1.54) is 11.8 Å². The van der Waals surface area contributed by atoms with E-state index >= 15 is 0 Å². The number of nitrogens with zero attached hydrogens (tertiary/aromatic N) is 4. The van der Waals surface area contributed by atoms with E-state index in [0.717, 1.165) is 25.7 Å². The zero-order valence-corrected chi connectivity index (χ0v) is 9.43. The molecule has 0 saturated heterocycles. The minimum absolute atomic E-state index is 0.298. The summed E-state index contributed by atoms with van der Waals surface area (Å²) in [5, 5.41) is 20.8. The third kappa shape index (κ3) is 1.91. The molecule has 2 saturated carbocycles. The summed E-state index contributed by atoms with van der Waals surface area (Å²) in [7, 11) is 0. The lowest BCUT2D eigenvalue weighted by molar-refractivity contribution is -0.136. The number of hydrogen-bond donors (Lipinski definition) is 1. The van der Waals surface area contributed by atoms with E-state index in [4.69, 9.17) is 5.11 Å². The molecular weight excluding hydrogens is 228 g/mol. The van der Waals surface area contributed by atoms with Gasteiger partial charge in [-0.05, 0) is 42.0 Å². The second-order valence-electron chi connectivity index (χ2n) is 4.35. The Morgan fingerprint density at radius 2 is 2.19 bits per heavy atom. The van der Waals surface area contributed by atoms with Crippen molar-refractivity contribution in [3.05, 3.63) is 0 Å².